The summed E-state index contributed by atoms with van der Waals surface area (Å²) >= 11 is 0. The van der Waals surface area contributed by atoms with Gasteiger partial charge in [0, 0.05) is 19.6 Å². The number of carbonyl (C=O) groups excluding carboxylic acids is 1. The minimum Gasteiger partial charge on any atom is -0.376 e. The van der Waals surface area contributed by atoms with Crippen LogP contribution in [0.15, 0.2) is 60.7 Å². The minimum atomic E-state index is -0.694. The second kappa shape index (κ2) is 9.68. The molecular formula is C23H27NO6. The Morgan fingerprint density at radius 2 is 1.77 bits per heavy atom. The van der Waals surface area contributed by atoms with Crippen LogP contribution in [0.5, 0.6) is 0 Å². The van der Waals surface area contributed by atoms with Crippen LogP contribution in [0.1, 0.15) is 24.3 Å². The molecule has 2 saturated heterocycles. The average Bonchev–Trinajstić information content (AvgIpc) is 2.78. The van der Waals surface area contributed by atoms with Crippen molar-refractivity contribution in [3.8, 4) is 0 Å². The molecule has 2 aliphatic rings. The first-order valence-corrected chi connectivity index (χ1v) is 10.1. The fourth-order valence-electron chi connectivity index (χ4n) is 3.91. The first kappa shape index (κ1) is 21.0. The number of methoxy groups -OCH3 is 1. The largest absolute Gasteiger partial charge is 0.376 e. The summed E-state index contributed by atoms with van der Waals surface area (Å²) in [5.41, 5.74) is 1.93. The van der Waals surface area contributed by atoms with E-state index < -0.39 is 30.8 Å². The lowest BCUT2D eigenvalue weighted by Gasteiger charge is -2.48. The van der Waals surface area contributed by atoms with Crippen LogP contribution in [0.4, 0.5) is 0 Å². The van der Waals surface area contributed by atoms with Gasteiger partial charge in [-0.05, 0) is 5.56 Å². The lowest BCUT2D eigenvalue weighted by atomic mass is 9.95. The van der Waals surface area contributed by atoms with Gasteiger partial charge in [-0.2, -0.15) is 0 Å². The number of hydrogen-bond donors (Lipinski definition) is 1. The predicted octanol–water partition coefficient (Wildman–Crippen LogP) is 2.56. The lowest BCUT2D eigenvalue weighted by Crippen LogP contribution is -2.67. The third kappa shape index (κ3) is 4.71. The van der Waals surface area contributed by atoms with E-state index in [2.05, 4.69) is 5.32 Å². The van der Waals surface area contributed by atoms with E-state index in [4.69, 9.17) is 23.7 Å². The number of ether oxygens (including phenoxy) is 5. The highest BCUT2D eigenvalue weighted by Crippen LogP contribution is 2.35. The number of amides is 1. The highest BCUT2D eigenvalue weighted by atomic mass is 16.7. The second-order valence-corrected chi connectivity index (χ2v) is 7.44. The molecule has 0 aliphatic carbocycles. The Labute approximate surface area is 176 Å². The van der Waals surface area contributed by atoms with Gasteiger partial charge >= 0.3 is 0 Å². The molecular weight excluding hydrogens is 386 g/mol. The maximum absolute atomic E-state index is 11.9. The van der Waals surface area contributed by atoms with E-state index in [1.807, 2.05) is 60.7 Å². The third-order valence-electron chi connectivity index (χ3n) is 5.31. The molecule has 30 heavy (non-hydrogen) atoms. The summed E-state index contributed by atoms with van der Waals surface area (Å²) in [6.07, 6.45) is -2.46. The molecule has 0 aromatic heterocycles. The summed E-state index contributed by atoms with van der Waals surface area (Å²) in [7, 11) is 1.60. The van der Waals surface area contributed by atoms with Crippen molar-refractivity contribution in [1.29, 1.82) is 0 Å². The van der Waals surface area contributed by atoms with Gasteiger partial charge in [0.1, 0.15) is 24.4 Å². The quantitative estimate of drug-likeness (QED) is 0.785. The van der Waals surface area contributed by atoms with Gasteiger partial charge in [-0.3, -0.25) is 4.79 Å². The Kier molecular flexibility index (Phi) is 6.76. The van der Waals surface area contributed by atoms with Crippen LogP contribution < -0.4 is 5.32 Å². The highest BCUT2D eigenvalue weighted by Gasteiger charge is 2.51. The van der Waals surface area contributed by atoms with E-state index in [1.165, 1.54) is 6.92 Å². The fraction of sp³-hybridized carbons (Fsp3) is 0.435. The number of benzene rings is 2. The molecule has 7 nitrogen and oxygen atoms in total. The van der Waals surface area contributed by atoms with Crippen molar-refractivity contribution in [2.75, 3.05) is 13.7 Å². The van der Waals surface area contributed by atoms with Crippen molar-refractivity contribution in [1.82, 2.24) is 5.32 Å². The molecule has 0 radical (unpaired) electrons. The molecule has 1 N–H and O–H groups in total. The van der Waals surface area contributed by atoms with Gasteiger partial charge in [-0.25, -0.2) is 0 Å². The van der Waals surface area contributed by atoms with Crippen molar-refractivity contribution in [3.63, 3.8) is 0 Å². The zero-order chi connectivity index (χ0) is 20.9. The van der Waals surface area contributed by atoms with E-state index in [0.29, 0.717) is 13.2 Å². The van der Waals surface area contributed by atoms with Gasteiger partial charge in [0.2, 0.25) is 5.91 Å². The van der Waals surface area contributed by atoms with E-state index in [-0.39, 0.29) is 12.0 Å². The van der Waals surface area contributed by atoms with Crippen molar-refractivity contribution in [2.45, 2.75) is 50.5 Å². The van der Waals surface area contributed by atoms with E-state index in [0.717, 1.165) is 11.1 Å². The molecule has 6 atom stereocenters. The van der Waals surface area contributed by atoms with E-state index >= 15 is 0 Å². The Bertz CT molecular complexity index is 817. The number of nitrogens with one attached hydrogen (secondary N) is 1. The van der Waals surface area contributed by atoms with E-state index in [9.17, 15) is 4.79 Å². The molecule has 0 spiro atoms. The van der Waals surface area contributed by atoms with E-state index in [1.54, 1.807) is 7.11 Å². The minimum absolute atomic E-state index is 0.191. The Hall–Kier alpha value is -2.29. The number of carbonyl (C=O) groups is 1. The summed E-state index contributed by atoms with van der Waals surface area (Å²) in [5.74, 6) is -0.191. The van der Waals surface area contributed by atoms with Crippen molar-refractivity contribution in [3.05, 3.63) is 71.8 Å². The maximum atomic E-state index is 11.9. The maximum Gasteiger partial charge on any atom is 0.217 e. The van der Waals surface area contributed by atoms with Gasteiger partial charge in [0.25, 0.3) is 0 Å². The normalized spacial score (nSPS) is 31.0. The average molecular weight is 413 g/mol. The SMILES string of the molecule is CO[C@@H]1[C@H](NC(C)=O)[C@H](OCc2ccccc2)OC2COC(c3ccccc3)O[C@H]21. The highest BCUT2D eigenvalue weighted by molar-refractivity contribution is 5.73. The summed E-state index contributed by atoms with van der Waals surface area (Å²) in [4.78, 5) is 11.9. The molecule has 2 heterocycles. The first-order chi connectivity index (χ1) is 14.7. The van der Waals surface area contributed by atoms with Gasteiger partial charge in [-0.1, -0.05) is 60.7 Å². The Morgan fingerprint density at radius 3 is 2.43 bits per heavy atom. The van der Waals surface area contributed by atoms with Crippen LogP contribution in [0.3, 0.4) is 0 Å². The van der Waals surface area contributed by atoms with Crippen LogP contribution >= 0.6 is 0 Å². The number of fused-ring (bicyclic) bond motifs is 1. The lowest BCUT2D eigenvalue weighted by molar-refractivity contribution is -0.347. The smallest absolute Gasteiger partial charge is 0.217 e. The van der Waals surface area contributed by atoms with Gasteiger partial charge < -0.3 is 29.0 Å². The van der Waals surface area contributed by atoms with Gasteiger partial charge in [0.05, 0.1) is 13.2 Å². The van der Waals surface area contributed by atoms with Crippen molar-refractivity contribution < 1.29 is 28.5 Å². The van der Waals surface area contributed by atoms with Crippen LogP contribution in [-0.2, 0) is 35.1 Å². The van der Waals surface area contributed by atoms with Crippen molar-refractivity contribution in [2.24, 2.45) is 0 Å². The van der Waals surface area contributed by atoms with Crippen molar-refractivity contribution >= 4 is 5.91 Å². The zero-order valence-electron chi connectivity index (χ0n) is 17.1. The standard InChI is InChI=1S/C23H27NO6/c1-15(25)24-19-21(26-2)20-18(14-28-22(30-20)17-11-7-4-8-12-17)29-23(19)27-13-16-9-5-3-6-10-16/h3-12,18-23H,13-14H2,1-2H3,(H,24,25)/t18?,19-,20+,21+,22?,23+/m0/s1. The van der Waals surface area contributed by atoms with Gasteiger partial charge in [0.15, 0.2) is 12.6 Å². The Morgan fingerprint density at radius 1 is 1.07 bits per heavy atom. The molecule has 2 aromatic rings. The van der Waals surface area contributed by atoms with Crippen LogP contribution in [0, 0.1) is 0 Å². The third-order valence-corrected chi connectivity index (χ3v) is 5.31. The molecule has 7 heteroatoms. The second-order valence-electron chi connectivity index (χ2n) is 7.44. The molecule has 0 saturated carbocycles. The number of hydrogen-bond acceptors (Lipinski definition) is 6. The van der Waals surface area contributed by atoms with Crippen LogP contribution in [-0.4, -0.2) is 50.3 Å². The van der Waals surface area contributed by atoms with Gasteiger partial charge in [-0.15, -0.1) is 0 Å². The first-order valence-electron chi connectivity index (χ1n) is 10.1. The summed E-state index contributed by atoms with van der Waals surface area (Å²) in [6, 6.07) is 19.0. The molecule has 0 bridgehead atoms. The molecule has 160 valence electrons. The topological polar surface area (TPSA) is 75.3 Å². The molecule has 2 fully saturated rings. The fourth-order valence-corrected chi connectivity index (χ4v) is 3.91. The monoisotopic (exact) mass is 413 g/mol. The Balaban J connectivity index is 1.51. The number of rotatable bonds is 6. The molecule has 2 aromatic carbocycles. The summed E-state index contributed by atoms with van der Waals surface area (Å²) in [5, 5.41) is 2.92. The summed E-state index contributed by atoms with van der Waals surface area (Å²) in [6.45, 7) is 2.15. The molecule has 2 aliphatic heterocycles. The zero-order valence-corrected chi connectivity index (χ0v) is 17.1. The van der Waals surface area contributed by atoms with Crippen LogP contribution in [0.25, 0.3) is 0 Å². The molecule has 4 rings (SSSR count). The summed E-state index contributed by atoms with van der Waals surface area (Å²) < 4.78 is 30.1. The molecule has 1 amide bonds. The van der Waals surface area contributed by atoms with Crippen LogP contribution in [0.2, 0.25) is 0 Å². The molecule has 2 unspecified atom stereocenters. The predicted molar refractivity (Wildman–Crippen MR) is 108 cm³/mol.